The van der Waals surface area contributed by atoms with Crippen molar-refractivity contribution in [2.45, 2.75) is 10.8 Å². The molecule has 0 saturated carbocycles. The topological polar surface area (TPSA) is 121 Å². The number of nitrogens with one attached hydrogen (secondary N) is 2. The van der Waals surface area contributed by atoms with Crippen LogP contribution in [0.1, 0.15) is 11.5 Å². The number of nitrogens with two attached hydrogens (primary N) is 1. The number of hydrogen-bond donors (Lipinski definition) is 3. The molecule has 6 nitrogen and oxygen atoms in total. The number of rotatable bonds is 5. The predicted octanol–water partition coefficient (Wildman–Crippen LogP) is 2.12. The maximum absolute atomic E-state index is 11.5. The van der Waals surface area contributed by atoms with Crippen LogP contribution < -0.4 is 5.73 Å². The van der Waals surface area contributed by atoms with Gasteiger partial charge in [0.15, 0.2) is 9.84 Å². The molecule has 7 heteroatoms. The molecule has 22 heavy (non-hydrogen) atoms. The number of nitrogen functional groups attached to an aromatic ring is 1. The zero-order valence-corrected chi connectivity index (χ0v) is 12.8. The lowest BCUT2D eigenvalue weighted by Gasteiger charge is -2.11. The van der Waals surface area contributed by atoms with Gasteiger partial charge < -0.3 is 16.6 Å². The smallest absolute Gasteiger partial charge is 0.175 e. The molecular formula is C15H16N4O2S. The minimum atomic E-state index is -3.23. The number of aromatic nitrogens is 1. The zero-order chi connectivity index (χ0) is 16.3. The molecule has 2 rings (SSSR count). The summed E-state index contributed by atoms with van der Waals surface area (Å²) in [4.78, 5) is 4.34. The highest BCUT2D eigenvalue weighted by atomic mass is 32.2. The molecule has 4 N–H and O–H groups in total. The summed E-state index contributed by atoms with van der Waals surface area (Å²) in [5.74, 6) is -0.253. The van der Waals surface area contributed by atoms with Crippen molar-refractivity contribution in [3.05, 3.63) is 42.1 Å². The average Bonchev–Trinajstić information content (AvgIpc) is 2.49. The van der Waals surface area contributed by atoms with Crippen LogP contribution >= 0.6 is 0 Å². The first-order valence-electron chi connectivity index (χ1n) is 6.44. The summed E-state index contributed by atoms with van der Waals surface area (Å²) in [6.45, 7) is 0. The molecule has 0 atom stereocenters. The van der Waals surface area contributed by atoms with Gasteiger partial charge in [-0.25, -0.2) is 13.4 Å². The Morgan fingerprint density at radius 1 is 1.14 bits per heavy atom. The van der Waals surface area contributed by atoms with Crippen LogP contribution in [0.3, 0.4) is 0 Å². The van der Waals surface area contributed by atoms with Gasteiger partial charge in [-0.1, -0.05) is 12.1 Å². The van der Waals surface area contributed by atoms with Gasteiger partial charge in [0.1, 0.15) is 5.82 Å². The normalized spacial score (nSPS) is 12.6. The van der Waals surface area contributed by atoms with Gasteiger partial charge in [-0.2, -0.15) is 0 Å². The van der Waals surface area contributed by atoms with Gasteiger partial charge in [-0.15, -0.1) is 0 Å². The van der Waals surface area contributed by atoms with Gasteiger partial charge in [0.2, 0.25) is 0 Å². The molecule has 0 bridgehead atoms. The first kappa shape index (κ1) is 15.8. The molecule has 0 saturated heterocycles. The van der Waals surface area contributed by atoms with Gasteiger partial charge in [-0.05, 0) is 23.8 Å². The van der Waals surface area contributed by atoms with Gasteiger partial charge in [-0.3, -0.25) is 0 Å². The second kappa shape index (κ2) is 6.07. The Morgan fingerprint density at radius 3 is 2.23 bits per heavy atom. The van der Waals surface area contributed by atoms with Crippen molar-refractivity contribution in [1.82, 2.24) is 4.98 Å². The summed E-state index contributed by atoms with van der Waals surface area (Å²) >= 11 is 0. The molecule has 0 aliphatic heterocycles. The Labute approximate surface area is 129 Å². The lowest BCUT2D eigenvalue weighted by Crippen LogP contribution is -2.06. The van der Waals surface area contributed by atoms with E-state index < -0.39 is 15.8 Å². The monoisotopic (exact) mass is 316 g/mol. The molecule has 0 spiro atoms. The summed E-state index contributed by atoms with van der Waals surface area (Å²) in [7, 11) is -3.23. The van der Waals surface area contributed by atoms with E-state index in [4.69, 9.17) is 16.6 Å². The van der Waals surface area contributed by atoms with E-state index in [1.54, 1.807) is 24.4 Å². The second-order valence-corrected chi connectivity index (χ2v) is 6.87. The standard InChI is InChI=1S/C15H16N4O2S/c1-22(20,21)13-4-2-10(3-5-13)11-6-14(12(7-16)8-17)15(18)19-9-11/h2-9,12,16-17H,1H3,(H2,18,19). The minimum absolute atomic E-state index is 0.247. The molecule has 0 amide bonds. The summed E-state index contributed by atoms with van der Waals surface area (Å²) in [6, 6.07) is 8.21. The lowest BCUT2D eigenvalue weighted by atomic mass is 9.98. The fourth-order valence-electron chi connectivity index (χ4n) is 2.04. The summed E-state index contributed by atoms with van der Waals surface area (Å²) in [5, 5.41) is 14.7. The fraction of sp³-hybridized carbons (Fsp3) is 0.133. The van der Waals surface area contributed by atoms with Crippen molar-refractivity contribution in [1.29, 1.82) is 10.8 Å². The van der Waals surface area contributed by atoms with Crippen LogP contribution in [0.25, 0.3) is 11.1 Å². The van der Waals surface area contributed by atoms with Crippen molar-refractivity contribution in [3.63, 3.8) is 0 Å². The Balaban J connectivity index is 2.47. The summed E-state index contributed by atoms with van der Waals surface area (Å²) in [5.41, 5.74) is 7.92. The van der Waals surface area contributed by atoms with Crippen LogP contribution in [0.4, 0.5) is 5.82 Å². The third-order valence-corrected chi connectivity index (χ3v) is 4.41. The first-order valence-corrected chi connectivity index (χ1v) is 8.33. The highest BCUT2D eigenvalue weighted by molar-refractivity contribution is 7.90. The molecular weight excluding hydrogens is 300 g/mol. The maximum Gasteiger partial charge on any atom is 0.175 e. The molecule has 0 aliphatic rings. The SMILES string of the molecule is CS(=O)(=O)c1ccc(-c2cnc(N)c(C(C=N)C=N)c2)cc1. The zero-order valence-electron chi connectivity index (χ0n) is 11.9. The Bertz CT molecular complexity index is 806. The summed E-state index contributed by atoms with van der Waals surface area (Å²) in [6.07, 6.45) is 4.98. The largest absolute Gasteiger partial charge is 0.383 e. The van der Waals surface area contributed by atoms with E-state index in [2.05, 4.69) is 4.98 Å². The van der Waals surface area contributed by atoms with E-state index in [1.165, 1.54) is 12.1 Å². The predicted molar refractivity (Wildman–Crippen MR) is 87.5 cm³/mol. The van der Waals surface area contributed by atoms with E-state index in [-0.39, 0.29) is 10.7 Å². The highest BCUT2D eigenvalue weighted by Crippen LogP contribution is 2.26. The van der Waals surface area contributed by atoms with Crippen LogP contribution in [-0.2, 0) is 9.84 Å². The van der Waals surface area contributed by atoms with Crippen molar-refractivity contribution in [2.24, 2.45) is 0 Å². The number of hydrogen-bond acceptors (Lipinski definition) is 6. The lowest BCUT2D eigenvalue weighted by molar-refractivity contribution is 0.602. The average molecular weight is 316 g/mol. The van der Waals surface area contributed by atoms with Gasteiger partial charge in [0.05, 0.1) is 10.8 Å². The molecule has 0 radical (unpaired) electrons. The van der Waals surface area contributed by atoms with Crippen LogP contribution in [0.15, 0.2) is 41.4 Å². The molecule has 114 valence electrons. The van der Waals surface area contributed by atoms with Crippen LogP contribution in [-0.4, -0.2) is 32.1 Å². The maximum atomic E-state index is 11.5. The Hall–Kier alpha value is -2.54. The van der Waals surface area contributed by atoms with E-state index in [1.807, 2.05) is 0 Å². The molecule has 0 fully saturated rings. The number of benzene rings is 1. The van der Waals surface area contributed by atoms with Crippen LogP contribution in [0.5, 0.6) is 0 Å². The molecule has 1 aromatic carbocycles. The van der Waals surface area contributed by atoms with Crippen molar-refractivity contribution in [2.75, 3.05) is 12.0 Å². The van der Waals surface area contributed by atoms with Gasteiger partial charge >= 0.3 is 0 Å². The molecule has 1 aromatic heterocycles. The van der Waals surface area contributed by atoms with Crippen molar-refractivity contribution < 1.29 is 8.42 Å². The van der Waals surface area contributed by atoms with E-state index in [9.17, 15) is 8.42 Å². The Morgan fingerprint density at radius 2 is 1.73 bits per heavy atom. The second-order valence-electron chi connectivity index (χ2n) is 4.85. The van der Waals surface area contributed by atoms with E-state index in [0.29, 0.717) is 5.56 Å². The van der Waals surface area contributed by atoms with Gasteiger partial charge in [0.25, 0.3) is 0 Å². The third-order valence-electron chi connectivity index (χ3n) is 3.28. The van der Waals surface area contributed by atoms with E-state index >= 15 is 0 Å². The quantitative estimate of drug-likeness (QED) is 0.731. The fourth-order valence-corrected chi connectivity index (χ4v) is 2.67. The highest BCUT2D eigenvalue weighted by Gasteiger charge is 2.13. The van der Waals surface area contributed by atoms with Crippen LogP contribution in [0, 0.1) is 10.8 Å². The number of anilines is 1. The number of sulfone groups is 1. The number of pyridine rings is 1. The third kappa shape index (κ3) is 3.20. The van der Waals surface area contributed by atoms with Crippen LogP contribution in [0.2, 0.25) is 0 Å². The molecule has 0 unspecified atom stereocenters. The van der Waals surface area contributed by atoms with Crippen molar-refractivity contribution >= 4 is 28.1 Å². The van der Waals surface area contributed by atoms with E-state index in [0.717, 1.165) is 29.8 Å². The minimum Gasteiger partial charge on any atom is -0.383 e. The molecule has 0 aliphatic carbocycles. The number of nitrogens with zero attached hydrogens (tertiary/aromatic N) is 1. The summed E-state index contributed by atoms with van der Waals surface area (Å²) < 4.78 is 22.9. The molecule has 1 heterocycles. The molecule has 2 aromatic rings. The van der Waals surface area contributed by atoms with Crippen molar-refractivity contribution in [3.8, 4) is 11.1 Å². The first-order chi connectivity index (χ1) is 10.4. The Kier molecular flexibility index (Phi) is 4.37. The van der Waals surface area contributed by atoms with Gasteiger partial charge in [0, 0.05) is 36.0 Å².